The van der Waals surface area contributed by atoms with E-state index in [9.17, 15) is 13.6 Å². The number of nitrogens with zero attached hydrogens (tertiary/aromatic N) is 4. The molecule has 2 aromatic rings. The largest absolute Gasteiger partial charge is 0.352 e. The van der Waals surface area contributed by atoms with Crippen molar-refractivity contribution in [2.75, 3.05) is 24.5 Å². The van der Waals surface area contributed by atoms with E-state index in [2.05, 4.69) is 9.97 Å². The summed E-state index contributed by atoms with van der Waals surface area (Å²) in [6.45, 7) is 1.83. The summed E-state index contributed by atoms with van der Waals surface area (Å²) in [7, 11) is 0. The van der Waals surface area contributed by atoms with Gasteiger partial charge in [0.25, 0.3) is 0 Å². The van der Waals surface area contributed by atoms with E-state index in [0.29, 0.717) is 25.6 Å². The number of halogens is 3. The molecule has 1 amide bonds. The van der Waals surface area contributed by atoms with Gasteiger partial charge in [-0.1, -0.05) is 17.7 Å². The molecule has 27 heavy (non-hydrogen) atoms. The van der Waals surface area contributed by atoms with Crippen LogP contribution in [0.3, 0.4) is 0 Å². The van der Waals surface area contributed by atoms with Gasteiger partial charge in [0.15, 0.2) is 11.6 Å². The number of aromatic nitrogens is 2. The molecule has 142 valence electrons. The van der Waals surface area contributed by atoms with Crippen molar-refractivity contribution in [3.05, 3.63) is 52.9 Å². The molecule has 2 atom stereocenters. The average molecular weight is 393 g/mol. The number of likely N-dealkylation sites (tertiary alicyclic amines) is 1. The van der Waals surface area contributed by atoms with E-state index >= 15 is 0 Å². The predicted octanol–water partition coefficient (Wildman–Crippen LogP) is 3.08. The lowest BCUT2D eigenvalue weighted by Crippen LogP contribution is -2.50. The van der Waals surface area contributed by atoms with Gasteiger partial charge in [0, 0.05) is 30.2 Å². The van der Waals surface area contributed by atoms with Crippen LogP contribution in [0.1, 0.15) is 18.4 Å². The summed E-state index contributed by atoms with van der Waals surface area (Å²) in [5.74, 6) is -0.463. The second-order valence-corrected chi connectivity index (χ2v) is 7.42. The van der Waals surface area contributed by atoms with Crippen molar-refractivity contribution >= 4 is 23.3 Å². The van der Waals surface area contributed by atoms with Crippen molar-refractivity contribution in [1.29, 1.82) is 0 Å². The predicted molar refractivity (Wildman–Crippen MR) is 97.5 cm³/mol. The van der Waals surface area contributed by atoms with E-state index in [0.717, 1.165) is 19.0 Å². The molecule has 4 rings (SSSR count). The fourth-order valence-corrected chi connectivity index (χ4v) is 4.37. The molecule has 2 aliphatic rings. The molecule has 1 aromatic carbocycles. The molecule has 0 saturated carbocycles. The van der Waals surface area contributed by atoms with Crippen molar-refractivity contribution in [1.82, 2.24) is 14.9 Å². The molecule has 0 spiro atoms. The third kappa shape index (κ3) is 3.48. The van der Waals surface area contributed by atoms with Crippen molar-refractivity contribution in [3.63, 3.8) is 0 Å². The third-order valence-corrected chi connectivity index (χ3v) is 5.87. The Bertz CT molecular complexity index is 845. The summed E-state index contributed by atoms with van der Waals surface area (Å²) in [6, 6.07) is 4.38. The quantitative estimate of drug-likeness (QED) is 0.805. The normalized spacial score (nSPS) is 22.0. The molecule has 0 N–H and O–H groups in total. The van der Waals surface area contributed by atoms with E-state index in [1.54, 1.807) is 11.0 Å². The Morgan fingerprint density at radius 2 is 2.04 bits per heavy atom. The molecule has 2 fully saturated rings. The molecule has 0 bridgehead atoms. The van der Waals surface area contributed by atoms with Gasteiger partial charge in [0.05, 0.1) is 18.7 Å². The highest BCUT2D eigenvalue weighted by Crippen LogP contribution is 2.34. The number of fused-ring (bicyclic) bond motifs is 1. The second kappa shape index (κ2) is 7.38. The van der Waals surface area contributed by atoms with Crippen LogP contribution in [0, 0.1) is 17.6 Å². The van der Waals surface area contributed by atoms with Crippen molar-refractivity contribution in [3.8, 4) is 0 Å². The van der Waals surface area contributed by atoms with Crippen LogP contribution in [0.15, 0.2) is 30.7 Å². The van der Waals surface area contributed by atoms with Crippen LogP contribution in [-0.4, -0.2) is 46.5 Å². The zero-order valence-electron chi connectivity index (χ0n) is 14.6. The summed E-state index contributed by atoms with van der Waals surface area (Å²) >= 11 is 6.06. The summed E-state index contributed by atoms with van der Waals surface area (Å²) in [4.78, 5) is 24.3. The zero-order chi connectivity index (χ0) is 19.0. The number of piperidine rings is 1. The van der Waals surface area contributed by atoms with Crippen molar-refractivity contribution < 1.29 is 13.6 Å². The van der Waals surface area contributed by atoms with Crippen LogP contribution in [0.25, 0.3) is 0 Å². The van der Waals surface area contributed by atoms with Gasteiger partial charge in [-0.3, -0.25) is 4.79 Å². The number of carbonyl (C=O) groups excluding carboxylic acids is 1. The smallest absolute Gasteiger partial charge is 0.227 e. The third-order valence-electron chi connectivity index (χ3n) is 5.52. The van der Waals surface area contributed by atoms with Gasteiger partial charge in [0.1, 0.15) is 12.1 Å². The molecule has 2 aliphatic heterocycles. The molecule has 2 saturated heterocycles. The van der Waals surface area contributed by atoms with Gasteiger partial charge in [0.2, 0.25) is 5.91 Å². The Balaban J connectivity index is 1.51. The number of benzene rings is 1. The number of hydrogen-bond acceptors (Lipinski definition) is 4. The molecule has 5 nitrogen and oxygen atoms in total. The topological polar surface area (TPSA) is 49.3 Å². The SMILES string of the molecule is O=C(Cc1c(F)cccc1Cl)N1CCC2CCN(c3ncncc3F)CC21. The van der Waals surface area contributed by atoms with Crippen LogP contribution in [0.2, 0.25) is 5.02 Å². The van der Waals surface area contributed by atoms with Crippen LogP contribution >= 0.6 is 11.6 Å². The number of carbonyl (C=O) groups is 1. The van der Waals surface area contributed by atoms with E-state index in [1.807, 2.05) is 4.90 Å². The Hall–Kier alpha value is -2.28. The minimum atomic E-state index is -0.472. The van der Waals surface area contributed by atoms with Crippen LogP contribution < -0.4 is 4.90 Å². The molecule has 0 aliphatic carbocycles. The number of hydrogen-bond donors (Lipinski definition) is 0. The molecule has 1 aromatic heterocycles. The first-order valence-corrected chi connectivity index (χ1v) is 9.35. The van der Waals surface area contributed by atoms with Crippen LogP contribution in [0.4, 0.5) is 14.6 Å². The second-order valence-electron chi connectivity index (χ2n) is 7.01. The lowest BCUT2D eigenvalue weighted by atomic mass is 9.92. The van der Waals surface area contributed by atoms with Crippen molar-refractivity contribution in [2.45, 2.75) is 25.3 Å². The first-order chi connectivity index (χ1) is 13.0. The summed E-state index contributed by atoms with van der Waals surface area (Å²) in [6.07, 6.45) is 4.16. The van der Waals surface area contributed by atoms with Crippen molar-refractivity contribution in [2.24, 2.45) is 5.92 Å². The van der Waals surface area contributed by atoms with E-state index in [-0.39, 0.29) is 34.8 Å². The van der Waals surface area contributed by atoms with Gasteiger partial charge in [-0.05, 0) is 30.9 Å². The maximum atomic E-state index is 14.0. The van der Waals surface area contributed by atoms with Gasteiger partial charge >= 0.3 is 0 Å². The summed E-state index contributed by atoms with van der Waals surface area (Å²) in [5.41, 5.74) is 0.224. The van der Waals surface area contributed by atoms with Gasteiger partial charge in [-0.15, -0.1) is 0 Å². The number of rotatable bonds is 3. The minimum Gasteiger partial charge on any atom is -0.352 e. The summed E-state index contributed by atoms with van der Waals surface area (Å²) < 4.78 is 28.1. The van der Waals surface area contributed by atoms with Gasteiger partial charge < -0.3 is 9.80 Å². The van der Waals surface area contributed by atoms with Crippen LogP contribution in [0.5, 0.6) is 0 Å². The summed E-state index contributed by atoms with van der Waals surface area (Å²) in [5, 5.41) is 0.257. The first kappa shape index (κ1) is 18.1. The highest BCUT2D eigenvalue weighted by atomic mass is 35.5. The lowest BCUT2D eigenvalue weighted by molar-refractivity contribution is -0.131. The number of amides is 1. The maximum Gasteiger partial charge on any atom is 0.227 e. The Labute approximate surface area is 161 Å². The molecular weight excluding hydrogens is 374 g/mol. The zero-order valence-corrected chi connectivity index (χ0v) is 15.4. The van der Waals surface area contributed by atoms with E-state index in [4.69, 9.17) is 11.6 Å². The standard InChI is InChI=1S/C19H19ClF2N4O/c20-14-2-1-3-15(21)13(14)8-18(27)26-7-5-12-4-6-25(10-17(12)26)19-16(22)9-23-11-24-19/h1-3,9,11-12,17H,4-8,10H2. The molecule has 2 unspecified atom stereocenters. The average Bonchev–Trinajstić information content (AvgIpc) is 3.08. The molecule has 3 heterocycles. The minimum absolute atomic E-state index is 0.0360. The fraction of sp³-hybridized carbons (Fsp3) is 0.421. The highest BCUT2D eigenvalue weighted by molar-refractivity contribution is 6.31. The Kier molecular flexibility index (Phi) is 4.95. The van der Waals surface area contributed by atoms with Gasteiger partial charge in [-0.25, -0.2) is 18.7 Å². The monoisotopic (exact) mass is 392 g/mol. The van der Waals surface area contributed by atoms with Crippen LogP contribution in [-0.2, 0) is 11.2 Å². The first-order valence-electron chi connectivity index (χ1n) is 8.97. The van der Waals surface area contributed by atoms with Gasteiger partial charge in [-0.2, -0.15) is 0 Å². The molecular formula is C19H19ClF2N4O. The Morgan fingerprint density at radius 1 is 1.22 bits per heavy atom. The molecule has 8 heteroatoms. The fourth-order valence-electron chi connectivity index (χ4n) is 4.14. The Morgan fingerprint density at radius 3 is 2.81 bits per heavy atom. The maximum absolute atomic E-state index is 14.0. The van der Waals surface area contributed by atoms with E-state index in [1.165, 1.54) is 18.5 Å². The molecule has 0 radical (unpaired) electrons. The highest BCUT2D eigenvalue weighted by Gasteiger charge is 2.41. The van der Waals surface area contributed by atoms with E-state index < -0.39 is 11.6 Å². The lowest BCUT2D eigenvalue weighted by Gasteiger charge is -2.39. The number of anilines is 1.